The molecule has 0 spiro atoms. The zero-order valence-electron chi connectivity index (χ0n) is 22.4. The maximum absolute atomic E-state index is 12.1. The number of benzene rings is 2. The third-order valence-corrected chi connectivity index (χ3v) is 3.74. The minimum atomic E-state index is -0.119. The van der Waals surface area contributed by atoms with E-state index in [4.69, 9.17) is 14.3 Å². The zero-order valence-corrected chi connectivity index (χ0v) is 22.4. The number of ether oxygens (including phenoxy) is 1. The van der Waals surface area contributed by atoms with Crippen molar-refractivity contribution in [1.82, 2.24) is 5.32 Å². The molecule has 6 nitrogen and oxygen atoms in total. The van der Waals surface area contributed by atoms with Gasteiger partial charge in [0.25, 0.3) is 5.91 Å². The number of aldehydes is 1. The average molecular weight is 483 g/mol. The molecule has 0 atom stereocenters. The maximum atomic E-state index is 12.1. The van der Waals surface area contributed by atoms with Crippen LogP contribution in [-0.4, -0.2) is 33.1 Å². The van der Waals surface area contributed by atoms with E-state index in [1.54, 1.807) is 13.2 Å². The normalized spacial score (nSPS) is 9.54. The van der Waals surface area contributed by atoms with E-state index in [1.165, 1.54) is 12.5 Å². The summed E-state index contributed by atoms with van der Waals surface area (Å²) in [4.78, 5) is 28.9. The lowest BCUT2D eigenvalue weighted by Crippen LogP contribution is -2.21. The van der Waals surface area contributed by atoms with Crippen LogP contribution in [0.5, 0.6) is 5.75 Å². The number of carbonyl (C=O) groups is 3. The van der Waals surface area contributed by atoms with Crippen LogP contribution >= 0.6 is 0 Å². The molecule has 0 aliphatic rings. The summed E-state index contributed by atoms with van der Waals surface area (Å²) < 4.78 is 4.97. The summed E-state index contributed by atoms with van der Waals surface area (Å²) in [5.41, 5.74) is 3.57. The number of nitrogens with one attached hydrogen (secondary N) is 2. The van der Waals surface area contributed by atoms with Gasteiger partial charge in [-0.15, -0.1) is 0 Å². The van der Waals surface area contributed by atoms with E-state index in [9.17, 15) is 4.79 Å². The Morgan fingerprint density at radius 2 is 1.54 bits per heavy atom. The largest absolute Gasteiger partial charge is 0.497 e. The number of methoxy groups -OCH3 is 1. The van der Waals surface area contributed by atoms with E-state index in [1.807, 2.05) is 114 Å². The van der Waals surface area contributed by atoms with Gasteiger partial charge in [-0.25, -0.2) is 0 Å². The summed E-state index contributed by atoms with van der Waals surface area (Å²) in [6.45, 7) is 13.3. The zero-order chi connectivity index (χ0) is 27.5. The summed E-state index contributed by atoms with van der Waals surface area (Å²) in [5.74, 6) is 0.798. The third kappa shape index (κ3) is 19.3. The van der Waals surface area contributed by atoms with Crippen molar-refractivity contribution >= 4 is 24.7 Å². The number of amides is 1. The molecule has 2 aromatic carbocycles. The number of rotatable bonds is 6. The fourth-order valence-electron chi connectivity index (χ4n) is 2.21. The van der Waals surface area contributed by atoms with Crippen molar-refractivity contribution < 1.29 is 19.1 Å². The lowest BCUT2D eigenvalue weighted by atomic mass is 10.2. The molecular weight excluding hydrogens is 440 g/mol. The van der Waals surface area contributed by atoms with Gasteiger partial charge in [-0.05, 0) is 70.2 Å². The van der Waals surface area contributed by atoms with Crippen LogP contribution < -0.4 is 15.4 Å². The fourth-order valence-corrected chi connectivity index (χ4v) is 2.21. The Bertz CT molecular complexity index is 886. The molecule has 0 saturated carbocycles. The molecule has 1 amide bonds. The van der Waals surface area contributed by atoms with E-state index < -0.39 is 0 Å². The minimum Gasteiger partial charge on any atom is -0.497 e. The van der Waals surface area contributed by atoms with Gasteiger partial charge in [-0.2, -0.15) is 0 Å². The van der Waals surface area contributed by atoms with Crippen molar-refractivity contribution in [1.29, 1.82) is 0 Å². The molecule has 0 bridgehead atoms. The van der Waals surface area contributed by atoms with Gasteiger partial charge in [0.15, 0.2) is 0 Å². The molecule has 0 saturated heterocycles. The Labute approximate surface area is 211 Å². The van der Waals surface area contributed by atoms with Gasteiger partial charge in [0.1, 0.15) is 18.8 Å². The van der Waals surface area contributed by atoms with Crippen LogP contribution in [0.2, 0.25) is 0 Å². The van der Waals surface area contributed by atoms with Crippen molar-refractivity contribution in [2.75, 3.05) is 19.5 Å². The number of aryl methyl sites for hydroxylation is 1. The third-order valence-electron chi connectivity index (χ3n) is 3.74. The van der Waals surface area contributed by atoms with Gasteiger partial charge in [0.2, 0.25) is 0 Å². The average Bonchev–Trinajstić information content (AvgIpc) is 2.91. The van der Waals surface area contributed by atoms with E-state index in [2.05, 4.69) is 17.6 Å². The first-order valence-corrected chi connectivity index (χ1v) is 11.3. The van der Waals surface area contributed by atoms with E-state index >= 15 is 0 Å². The summed E-state index contributed by atoms with van der Waals surface area (Å²) in [5, 5.41) is 5.89. The molecule has 2 aromatic rings. The fraction of sp³-hybridized carbons (Fsp3) is 0.276. The number of hydrogen-bond donors (Lipinski definition) is 2. The predicted molar refractivity (Wildman–Crippen MR) is 149 cm³/mol. The molecule has 0 aliphatic heterocycles. The molecule has 0 fully saturated rings. The maximum Gasteiger partial charge on any atom is 0.255 e. The summed E-state index contributed by atoms with van der Waals surface area (Å²) in [7, 11) is 3.50. The van der Waals surface area contributed by atoms with Gasteiger partial charge in [-0.1, -0.05) is 55.8 Å². The van der Waals surface area contributed by atoms with Crippen molar-refractivity contribution in [3.8, 4) is 5.75 Å². The molecule has 0 radical (unpaired) electrons. The number of allylic oxidation sites excluding steroid dienone is 5. The standard InChI is InChI=1S/C16H20N2O.C8H10O.C2H4O.C2H6.CH2O/c1-4-6-10-14(8-5-2)18-16(19)13-9-7-11-15(12-13)17-3;1-7-3-5-8(9-2)6-4-7;1-2-3;2*1-2/h4-12,17H,1-3H3,(H,18,19);3-6H,1-2H3;2H,1H3;1-2H3;1H2/b6-4-,8-5-,14-10+;;;;. The summed E-state index contributed by atoms with van der Waals surface area (Å²) >= 11 is 0. The van der Waals surface area contributed by atoms with Gasteiger partial charge < -0.3 is 25.0 Å². The highest BCUT2D eigenvalue weighted by molar-refractivity contribution is 5.96. The van der Waals surface area contributed by atoms with Gasteiger partial charge in [0, 0.05) is 24.0 Å². The molecule has 192 valence electrons. The van der Waals surface area contributed by atoms with Crippen LogP contribution in [0.4, 0.5) is 5.69 Å². The quantitative estimate of drug-likeness (QED) is 0.360. The Kier molecular flexibility index (Phi) is 26.8. The van der Waals surface area contributed by atoms with Crippen molar-refractivity contribution in [3.05, 3.63) is 95.7 Å². The van der Waals surface area contributed by atoms with Crippen LogP contribution in [0.25, 0.3) is 0 Å². The van der Waals surface area contributed by atoms with Crippen LogP contribution in [0.1, 0.15) is 50.5 Å². The molecule has 35 heavy (non-hydrogen) atoms. The van der Waals surface area contributed by atoms with Crippen LogP contribution in [0.15, 0.2) is 84.6 Å². The van der Waals surface area contributed by atoms with Crippen molar-refractivity contribution in [2.24, 2.45) is 0 Å². The molecule has 0 aliphatic carbocycles. The number of anilines is 1. The van der Waals surface area contributed by atoms with Gasteiger partial charge in [-0.3, -0.25) is 4.79 Å². The summed E-state index contributed by atoms with van der Waals surface area (Å²) in [6, 6.07) is 15.3. The molecule has 2 N–H and O–H groups in total. The minimum absolute atomic E-state index is 0.119. The molecule has 0 aromatic heterocycles. The first-order valence-electron chi connectivity index (χ1n) is 11.3. The lowest BCUT2D eigenvalue weighted by Gasteiger charge is -2.07. The predicted octanol–water partition coefficient (Wildman–Crippen LogP) is 6.54. The SMILES string of the molecule is C=O.CC.CC=O.COc1ccc(C)cc1.C\C=C/C=C(\C=C/C)NC(=O)c1cccc(NC)c1. The molecule has 0 unspecified atom stereocenters. The van der Waals surface area contributed by atoms with Gasteiger partial charge in [0.05, 0.1) is 7.11 Å². The second kappa shape index (κ2) is 26.3. The second-order valence-electron chi connectivity index (χ2n) is 6.19. The number of carbonyl (C=O) groups excluding carboxylic acids is 3. The molecular formula is C29H42N2O4. The molecule has 0 heterocycles. The topological polar surface area (TPSA) is 84.5 Å². The van der Waals surface area contributed by atoms with Crippen molar-refractivity contribution in [3.63, 3.8) is 0 Å². The molecule has 2 rings (SSSR count). The highest BCUT2D eigenvalue weighted by atomic mass is 16.5. The van der Waals surface area contributed by atoms with Crippen molar-refractivity contribution in [2.45, 2.75) is 41.5 Å². The van der Waals surface area contributed by atoms with Gasteiger partial charge >= 0.3 is 0 Å². The number of hydrogen-bond acceptors (Lipinski definition) is 5. The smallest absolute Gasteiger partial charge is 0.255 e. The lowest BCUT2D eigenvalue weighted by molar-refractivity contribution is -0.106. The summed E-state index contributed by atoms with van der Waals surface area (Å²) in [6.07, 6.45) is 10.2. The first kappa shape index (κ1) is 35.7. The second-order valence-corrected chi connectivity index (χ2v) is 6.19. The van der Waals surface area contributed by atoms with E-state index in [-0.39, 0.29) is 5.91 Å². The van der Waals surface area contributed by atoms with Crippen LogP contribution in [0.3, 0.4) is 0 Å². The highest BCUT2D eigenvalue weighted by Gasteiger charge is 2.06. The Morgan fingerprint density at radius 3 is 2.00 bits per heavy atom. The van der Waals surface area contributed by atoms with Crippen LogP contribution in [0, 0.1) is 6.92 Å². The van der Waals surface area contributed by atoms with E-state index in [0.29, 0.717) is 5.56 Å². The first-order chi connectivity index (χ1) is 16.9. The Hall–Kier alpha value is -3.93. The van der Waals surface area contributed by atoms with Crippen LogP contribution in [-0.2, 0) is 9.59 Å². The molecule has 6 heteroatoms. The Morgan fingerprint density at radius 1 is 0.971 bits per heavy atom. The highest BCUT2D eigenvalue weighted by Crippen LogP contribution is 2.10. The monoisotopic (exact) mass is 482 g/mol. The Balaban J connectivity index is -0.000000530. The van der Waals surface area contributed by atoms with E-state index in [0.717, 1.165) is 23.4 Å².